The summed E-state index contributed by atoms with van der Waals surface area (Å²) in [5.74, 6) is -0.347. The van der Waals surface area contributed by atoms with Gasteiger partial charge in [0.15, 0.2) is 5.13 Å². The molecule has 4 nitrogen and oxygen atoms in total. The highest BCUT2D eigenvalue weighted by Gasteiger charge is 2.13. The zero-order valence-corrected chi connectivity index (χ0v) is 12.0. The number of carbonyl (C=O) groups excluding carboxylic acids is 1. The summed E-state index contributed by atoms with van der Waals surface area (Å²) in [6, 6.07) is 4.38. The molecule has 0 bridgehead atoms. The molecule has 0 aliphatic rings. The number of thiazole rings is 1. The minimum absolute atomic E-state index is 0.181. The van der Waals surface area contributed by atoms with E-state index in [4.69, 9.17) is 0 Å². The second-order valence-electron chi connectivity index (χ2n) is 3.84. The van der Waals surface area contributed by atoms with E-state index in [2.05, 4.69) is 41.0 Å². The van der Waals surface area contributed by atoms with E-state index in [1.165, 1.54) is 34.4 Å². The van der Waals surface area contributed by atoms with E-state index in [0.29, 0.717) is 4.88 Å². The Morgan fingerprint density at radius 1 is 1.44 bits per heavy atom. The molecular formula is C12H14N2O2S2. The number of nitrogens with one attached hydrogen (secondary N) is 1. The van der Waals surface area contributed by atoms with Crippen molar-refractivity contribution in [1.29, 1.82) is 0 Å². The molecule has 1 N–H and O–H groups in total. The summed E-state index contributed by atoms with van der Waals surface area (Å²) in [5.41, 5.74) is 0. The van der Waals surface area contributed by atoms with Crippen LogP contribution in [0.3, 0.4) is 0 Å². The first-order chi connectivity index (χ1) is 8.60. The standard InChI is InChI=1S/C12H14N2O2S2/c1-7-4-5-9(17-7)8(2)14-12-13-6-10(18-12)11(15)16-3/h4-6,8H,1-3H3,(H,13,14). The average molecular weight is 282 g/mol. The van der Waals surface area contributed by atoms with Crippen molar-refractivity contribution < 1.29 is 9.53 Å². The molecule has 0 fully saturated rings. The van der Waals surface area contributed by atoms with Crippen LogP contribution in [0.2, 0.25) is 0 Å². The van der Waals surface area contributed by atoms with Crippen LogP contribution in [0.4, 0.5) is 5.13 Å². The highest BCUT2D eigenvalue weighted by Crippen LogP contribution is 2.27. The Morgan fingerprint density at radius 2 is 2.22 bits per heavy atom. The van der Waals surface area contributed by atoms with Gasteiger partial charge in [-0.25, -0.2) is 9.78 Å². The lowest BCUT2D eigenvalue weighted by atomic mass is 10.3. The van der Waals surface area contributed by atoms with Crippen molar-refractivity contribution in [2.24, 2.45) is 0 Å². The predicted molar refractivity (Wildman–Crippen MR) is 74.5 cm³/mol. The van der Waals surface area contributed by atoms with E-state index in [1.54, 1.807) is 11.3 Å². The van der Waals surface area contributed by atoms with Gasteiger partial charge in [-0.15, -0.1) is 11.3 Å². The highest BCUT2D eigenvalue weighted by molar-refractivity contribution is 7.17. The number of nitrogens with zero attached hydrogens (tertiary/aromatic N) is 1. The van der Waals surface area contributed by atoms with Crippen molar-refractivity contribution in [3.63, 3.8) is 0 Å². The van der Waals surface area contributed by atoms with Gasteiger partial charge in [-0.3, -0.25) is 0 Å². The summed E-state index contributed by atoms with van der Waals surface area (Å²) in [6.45, 7) is 4.16. The van der Waals surface area contributed by atoms with Gasteiger partial charge in [0.25, 0.3) is 0 Å². The molecule has 0 aliphatic heterocycles. The number of aromatic nitrogens is 1. The summed E-state index contributed by atoms with van der Waals surface area (Å²) >= 11 is 3.06. The molecular weight excluding hydrogens is 268 g/mol. The lowest BCUT2D eigenvalue weighted by molar-refractivity contribution is 0.0606. The summed E-state index contributed by atoms with van der Waals surface area (Å²) in [4.78, 5) is 18.5. The summed E-state index contributed by atoms with van der Waals surface area (Å²) in [5, 5.41) is 4.01. The number of thiophene rings is 1. The van der Waals surface area contributed by atoms with Gasteiger partial charge in [-0.1, -0.05) is 11.3 Å². The maximum atomic E-state index is 11.3. The van der Waals surface area contributed by atoms with Crippen LogP contribution in [0.25, 0.3) is 0 Å². The quantitative estimate of drug-likeness (QED) is 0.872. The van der Waals surface area contributed by atoms with E-state index < -0.39 is 0 Å². The van der Waals surface area contributed by atoms with Gasteiger partial charge in [0, 0.05) is 9.75 Å². The molecule has 2 aromatic rings. The van der Waals surface area contributed by atoms with Gasteiger partial charge in [-0.05, 0) is 26.0 Å². The Kier molecular flexibility index (Phi) is 3.98. The summed E-state index contributed by atoms with van der Waals surface area (Å²) < 4.78 is 4.65. The first-order valence-corrected chi connectivity index (χ1v) is 7.10. The Balaban J connectivity index is 2.05. The lowest BCUT2D eigenvalue weighted by Gasteiger charge is -2.10. The monoisotopic (exact) mass is 282 g/mol. The molecule has 1 atom stereocenters. The van der Waals surface area contributed by atoms with Crippen molar-refractivity contribution in [3.05, 3.63) is 33.0 Å². The minimum atomic E-state index is -0.347. The fraction of sp³-hybridized carbons (Fsp3) is 0.333. The van der Waals surface area contributed by atoms with Gasteiger partial charge in [0.1, 0.15) is 4.88 Å². The van der Waals surface area contributed by atoms with Gasteiger partial charge in [-0.2, -0.15) is 0 Å². The summed E-state index contributed by atoms with van der Waals surface area (Å²) in [6.07, 6.45) is 1.53. The number of methoxy groups -OCH3 is 1. The second-order valence-corrected chi connectivity index (χ2v) is 6.19. The fourth-order valence-electron chi connectivity index (χ4n) is 1.48. The Bertz CT molecular complexity index is 548. The van der Waals surface area contributed by atoms with Gasteiger partial charge in [0.05, 0.1) is 19.3 Å². The molecule has 18 heavy (non-hydrogen) atoms. The molecule has 0 saturated heterocycles. The van der Waals surface area contributed by atoms with Crippen molar-refractivity contribution in [2.45, 2.75) is 19.9 Å². The average Bonchev–Trinajstić information content (AvgIpc) is 2.97. The van der Waals surface area contributed by atoms with Gasteiger partial charge >= 0.3 is 5.97 Å². The predicted octanol–water partition coefficient (Wildman–Crippen LogP) is 3.47. The lowest BCUT2D eigenvalue weighted by Crippen LogP contribution is -2.04. The van der Waals surface area contributed by atoms with E-state index in [-0.39, 0.29) is 12.0 Å². The Labute approximate surface area is 114 Å². The van der Waals surface area contributed by atoms with Crippen LogP contribution in [-0.2, 0) is 4.74 Å². The van der Waals surface area contributed by atoms with E-state index in [1.807, 2.05) is 0 Å². The van der Waals surface area contributed by atoms with Gasteiger partial charge in [0.2, 0.25) is 0 Å². The first kappa shape index (κ1) is 13.0. The first-order valence-electron chi connectivity index (χ1n) is 5.47. The normalized spacial score (nSPS) is 12.2. The van der Waals surface area contributed by atoms with E-state index in [9.17, 15) is 4.79 Å². The van der Waals surface area contributed by atoms with Crippen molar-refractivity contribution in [3.8, 4) is 0 Å². The molecule has 0 aliphatic carbocycles. The molecule has 0 radical (unpaired) electrons. The molecule has 0 aromatic carbocycles. The number of carbonyl (C=O) groups is 1. The SMILES string of the molecule is COC(=O)c1cnc(NC(C)c2ccc(C)s2)s1. The van der Waals surface area contributed by atoms with Crippen molar-refractivity contribution in [1.82, 2.24) is 4.98 Å². The third-order valence-electron chi connectivity index (χ3n) is 2.42. The number of rotatable bonds is 4. The number of ether oxygens (including phenoxy) is 1. The van der Waals surface area contributed by atoms with Crippen LogP contribution < -0.4 is 5.32 Å². The molecule has 1 unspecified atom stereocenters. The van der Waals surface area contributed by atoms with Crippen LogP contribution in [0, 0.1) is 6.92 Å². The van der Waals surface area contributed by atoms with E-state index >= 15 is 0 Å². The maximum Gasteiger partial charge on any atom is 0.349 e. The highest BCUT2D eigenvalue weighted by atomic mass is 32.1. The zero-order valence-electron chi connectivity index (χ0n) is 10.4. The molecule has 2 heterocycles. The molecule has 2 rings (SSSR count). The topological polar surface area (TPSA) is 51.2 Å². The third-order valence-corrected chi connectivity index (χ3v) is 4.51. The number of aryl methyl sites for hydroxylation is 1. The molecule has 0 amide bonds. The minimum Gasteiger partial charge on any atom is -0.465 e. The smallest absolute Gasteiger partial charge is 0.349 e. The van der Waals surface area contributed by atoms with Crippen LogP contribution in [0.5, 0.6) is 0 Å². The van der Waals surface area contributed by atoms with Crippen molar-refractivity contribution in [2.75, 3.05) is 12.4 Å². The van der Waals surface area contributed by atoms with Crippen LogP contribution in [0.15, 0.2) is 18.3 Å². The van der Waals surface area contributed by atoms with Crippen LogP contribution >= 0.6 is 22.7 Å². The summed E-state index contributed by atoms with van der Waals surface area (Å²) in [7, 11) is 1.37. The molecule has 6 heteroatoms. The van der Waals surface area contributed by atoms with Gasteiger partial charge < -0.3 is 10.1 Å². The maximum absolute atomic E-state index is 11.3. The number of anilines is 1. The number of hydrogen-bond acceptors (Lipinski definition) is 6. The second kappa shape index (κ2) is 5.49. The molecule has 2 aromatic heterocycles. The Morgan fingerprint density at radius 3 is 2.83 bits per heavy atom. The zero-order chi connectivity index (χ0) is 13.1. The fourth-order valence-corrected chi connectivity index (χ4v) is 3.18. The van der Waals surface area contributed by atoms with E-state index in [0.717, 1.165) is 5.13 Å². The Hall–Kier alpha value is -1.40. The third kappa shape index (κ3) is 2.88. The molecule has 0 spiro atoms. The number of hydrogen-bond donors (Lipinski definition) is 1. The largest absolute Gasteiger partial charge is 0.465 e. The van der Waals surface area contributed by atoms with Crippen LogP contribution in [0.1, 0.15) is 32.4 Å². The molecule has 96 valence electrons. The van der Waals surface area contributed by atoms with Crippen molar-refractivity contribution >= 4 is 33.8 Å². The number of esters is 1. The van der Waals surface area contributed by atoms with Crippen LogP contribution in [-0.4, -0.2) is 18.1 Å². The molecule has 0 saturated carbocycles.